The Hall–Kier alpha value is -3.09. The third-order valence-electron chi connectivity index (χ3n) is 4.36. The van der Waals surface area contributed by atoms with E-state index in [1.54, 1.807) is 18.6 Å². The zero-order chi connectivity index (χ0) is 17.2. The molecule has 4 rings (SSSR count). The molecule has 0 aromatic carbocycles. The summed E-state index contributed by atoms with van der Waals surface area (Å²) < 4.78 is 0. The second kappa shape index (κ2) is 6.43. The molecule has 0 bridgehead atoms. The van der Waals surface area contributed by atoms with Gasteiger partial charge >= 0.3 is 0 Å². The number of hydrogen-bond acceptors (Lipinski definition) is 6. The van der Waals surface area contributed by atoms with Gasteiger partial charge in [-0.15, -0.1) is 0 Å². The van der Waals surface area contributed by atoms with Crippen LogP contribution in [0, 0.1) is 6.92 Å². The second-order valence-electron chi connectivity index (χ2n) is 6.07. The van der Waals surface area contributed by atoms with Crippen molar-refractivity contribution < 1.29 is 0 Å². The molecule has 0 unspecified atom stereocenters. The maximum atomic E-state index is 12.2. The molecule has 1 N–H and O–H groups in total. The van der Waals surface area contributed by atoms with Crippen LogP contribution in [0.3, 0.4) is 0 Å². The van der Waals surface area contributed by atoms with Gasteiger partial charge < -0.3 is 9.88 Å². The molecule has 0 radical (unpaired) electrons. The highest BCUT2D eigenvalue weighted by molar-refractivity contribution is 5.57. The van der Waals surface area contributed by atoms with Crippen LogP contribution in [-0.2, 0) is 0 Å². The van der Waals surface area contributed by atoms with Crippen LogP contribution in [0.15, 0.2) is 47.7 Å². The lowest BCUT2D eigenvalue weighted by Crippen LogP contribution is -2.27. The predicted octanol–water partition coefficient (Wildman–Crippen LogP) is 2.27. The summed E-state index contributed by atoms with van der Waals surface area (Å²) in [5.74, 6) is 2.27. The molecule has 25 heavy (non-hydrogen) atoms. The molecule has 0 spiro atoms. The standard InChI is InChI=1S/C18H18N6O/c1-12-20-9-6-16(21-12)24-10-2-3-15(24)18-22-14(11-17(25)23-18)13-4-7-19-8-5-13/h4-9,11,15H,2-3,10H2,1H3,(H,22,23,25)/t15-/m1/s1. The van der Waals surface area contributed by atoms with Crippen LogP contribution in [0.1, 0.15) is 30.5 Å². The zero-order valence-corrected chi connectivity index (χ0v) is 13.9. The molecule has 0 saturated carbocycles. The first kappa shape index (κ1) is 15.4. The molecule has 7 heteroatoms. The molecule has 0 amide bonds. The average molecular weight is 334 g/mol. The number of H-pyrrole nitrogens is 1. The lowest BCUT2D eigenvalue weighted by Gasteiger charge is -2.25. The summed E-state index contributed by atoms with van der Waals surface area (Å²) in [4.78, 5) is 34.7. The van der Waals surface area contributed by atoms with Gasteiger partial charge in [0.25, 0.3) is 5.56 Å². The number of anilines is 1. The fraction of sp³-hybridized carbons (Fsp3) is 0.278. The maximum Gasteiger partial charge on any atom is 0.251 e. The molecule has 4 heterocycles. The predicted molar refractivity (Wildman–Crippen MR) is 94.2 cm³/mol. The fourth-order valence-corrected chi connectivity index (χ4v) is 3.23. The molecule has 126 valence electrons. The third kappa shape index (κ3) is 3.13. The third-order valence-corrected chi connectivity index (χ3v) is 4.36. The van der Waals surface area contributed by atoms with Crippen LogP contribution in [-0.4, -0.2) is 31.5 Å². The van der Waals surface area contributed by atoms with E-state index in [1.165, 1.54) is 6.07 Å². The van der Waals surface area contributed by atoms with Crippen LogP contribution in [0.4, 0.5) is 5.82 Å². The number of aromatic amines is 1. The summed E-state index contributed by atoms with van der Waals surface area (Å²) in [5.41, 5.74) is 1.39. The molecule has 7 nitrogen and oxygen atoms in total. The van der Waals surface area contributed by atoms with Gasteiger partial charge in [-0.3, -0.25) is 9.78 Å². The minimum Gasteiger partial charge on any atom is -0.346 e. The monoisotopic (exact) mass is 334 g/mol. The normalized spacial score (nSPS) is 17.0. The van der Waals surface area contributed by atoms with E-state index in [9.17, 15) is 4.79 Å². The van der Waals surface area contributed by atoms with E-state index in [4.69, 9.17) is 4.98 Å². The quantitative estimate of drug-likeness (QED) is 0.790. The molecule has 1 aliphatic heterocycles. The first-order valence-corrected chi connectivity index (χ1v) is 8.29. The van der Waals surface area contributed by atoms with Crippen molar-refractivity contribution in [3.8, 4) is 11.3 Å². The minimum atomic E-state index is -0.150. The van der Waals surface area contributed by atoms with Gasteiger partial charge in [0.05, 0.1) is 11.7 Å². The van der Waals surface area contributed by atoms with E-state index in [0.29, 0.717) is 11.5 Å². The van der Waals surface area contributed by atoms with E-state index in [1.807, 2.05) is 25.1 Å². The van der Waals surface area contributed by atoms with Gasteiger partial charge in [-0.05, 0) is 38.0 Å². The van der Waals surface area contributed by atoms with Gasteiger partial charge in [-0.2, -0.15) is 0 Å². The van der Waals surface area contributed by atoms with E-state index in [-0.39, 0.29) is 11.6 Å². The van der Waals surface area contributed by atoms with Crippen molar-refractivity contribution in [3.05, 3.63) is 64.9 Å². The Labute approximate surface area is 144 Å². The largest absolute Gasteiger partial charge is 0.346 e. The summed E-state index contributed by atoms with van der Waals surface area (Å²) >= 11 is 0. The van der Waals surface area contributed by atoms with Gasteiger partial charge in [0.1, 0.15) is 17.5 Å². The summed E-state index contributed by atoms with van der Waals surface area (Å²) in [5, 5.41) is 0. The van der Waals surface area contributed by atoms with Crippen molar-refractivity contribution in [2.24, 2.45) is 0 Å². The Balaban J connectivity index is 1.73. The number of rotatable bonds is 3. The molecular weight excluding hydrogens is 316 g/mol. The first-order chi connectivity index (χ1) is 12.2. The Morgan fingerprint density at radius 1 is 1.16 bits per heavy atom. The molecule has 1 atom stereocenters. The van der Waals surface area contributed by atoms with Crippen molar-refractivity contribution >= 4 is 5.82 Å². The van der Waals surface area contributed by atoms with Crippen molar-refractivity contribution in [3.63, 3.8) is 0 Å². The zero-order valence-electron chi connectivity index (χ0n) is 13.9. The summed E-state index contributed by atoms with van der Waals surface area (Å²) in [7, 11) is 0. The van der Waals surface area contributed by atoms with E-state index in [2.05, 4.69) is 24.8 Å². The van der Waals surface area contributed by atoms with Gasteiger partial charge in [0.2, 0.25) is 0 Å². The molecule has 1 saturated heterocycles. The minimum absolute atomic E-state index is 0.00351. The summed E-state index contributed by atoms with van der Waals surface area (Å²) in [6.07, 6.45) is 7.10. The Bertz CT molecular complexity index is 940. The van der Waals surface area contributed by atoms with Crippen LogP contribution in [0.5, 0.6) is 0 Å². The van der Waals surface area contributed by atoms with Gasteiger partial charge in [-0.1, -0.05) is 0 Å². The maximum absolute atomic E-state index is 12.2. The molecule has 1 aliphatic rings. The fourth-order valence-electron chi connectivity index (χ4n) is 3.23. The van der Waals surface area contributed by atoms with Crippen LogP contribution in [0.25, 0.3) is 11.3 Å². The topological polar surface area (TPSA) is 87.7 Å². The smallest absolute Gasteiger partial charge is 0.251 e. The Morgan fingerprint density at radius 3 is 2.80 bits per heavy atom. The molecule has 1 fully saturated rings. The lowest BCUT2D eigenvalue weighted by atomic mass is 10.1. The summed E-state index contributed by atoms with van der Waals surface area (Å²) in [6, 6.07) is 7.13. The SMILES string of the molecule is Cc1nccc(N2CCC[C@@H]2c2nc(-c3ccncc3)cc(=O)[nH]2)n1. The molecule has 3 aromatic rings. The van der Waals surface area contributed by atoms with Crippen LogP contribution in [0.2, 0.25) is 0 Å². The van der Waals surface area contributed by atoms with Crippen molar-refractivity contribution in [1.29, 1.82) is 0 Å². The number of aryl methyl sites for hydroxylation is 1. The van der Waals surface area contributed by atoms with Gasteiger partial charge in [-0.25, -0.2) is 15.0 Å². The van der Waals surface area contributed by atoms with Gasteiger partial charge in [0.15, 0.2) is 0 Å². The van der Waals surface area contributed by atoms with Gasteiger partial charge in [0, 0.05) is 36.8 Å². The van der Waals surface area contributed by atoms with Crippen molar-refractivity contribution in [1.82, 2.24) is 24.9 Å². The number of nitrogens with zero attached hydrogens (tertiary/aromatic N) is 5. The molecular formula is C18H18N6O. The molecule has 3 aromatic heterocycles. The van der Waals surface area contributed by atoms with E-state index >= 15 is 0 Å². The van der Waals surface area contributed by atoms with Crippen molar-refractivity contribution in [2.45, 2.75) is 25.8 Å². The van der Waals surface area contributed by atoms with Crippen LogP contribution < -0.4 is 10.5 Å². The Morgan fingerprint density at radius 2 is 2.00 bits per heavy atom. The summed E-state index contributed by atoms with van der Waals surface area (Å²) in [6.45, 7) is 2.75. The Kier molecular flexibility index (Phi) is 3.97. The highest BCUT2D eigenvalue weighted by Gasteiger charge is 2.29. The number of pyridine rings is 1. The highest BCUT2D eigenvalue weighted by atomic mass is 16.1. The highest BCUT2D eigenvalue weighted by Crippen LogP contribution is 2.33. The number of hydrogen-bond donors (Lipinski definition) is 1. The number of aromatic nitrogens is 5. The second-order valence-corrected chi connectivity index (χ2v) is 6.07. The van der Waals surface area contributed by atoms with E-state index in [0.717, 1.165) is 36.6 Å². The molecule has 0 aliphatic carbocycles. The number of nitrogens with one attached hydrogen (secondary N) is 1. The van der Waals surface area contributed by atoms with Crippen LogP contribution >= 0.6 is 0 Å². The average Bonchev–Trinajstić information content (AvgIpc) is 3.12. The van der Waals surface area contributed by atoms with E-state index < -0.39 is 0 Å². The first-order valence-electron chi connectivity index (χ1n) is 8.29. The van der Waals surface area contributed by atoms with Crippen molar-refractivity contribution in [2.75, 3.05) is 11.4 Å². The lowest BCUT2D eigenvalue weighted by molar-refractivity contribution is 0.656.